The van der Waals surface area contributed by atoms with Crippen molar-refractivity contribution >= 4 is 35.1 Å². The second-order valence-corrected chi connectivity index (χ2v) is 7.79. The van der Waals surface area contributed by atoms with Crippen molar-refractivity contribution in [1.82, 2.24) is 4.90 Å². The van der Waals surface area contributed by atoms with E-state index in [2.05, 4.69) is 5.32 Å². The van der Waals surface area contributed by atoms with Gasteiger partial charge in [-0.3, -0.25) is 14.4 Å². The maximum Gasteiger partial charge on any atom is 0.416 e. The molecule has 2 atom stereocenters. The molecule has 2 aromatic carbocycles. The van der Waals surface area contributed by atoms with Crippen molar-refractivity contribution in [3.63, 3.8) is 0 Å². The molecule has 2 amide bonds. The summed E-state index contributed by atoms with van der Waals surface area (Å²) in [7, 11) is 0. The molecule has 2 aromatic rings. The van der Waals surface area contributed by atoms with Gasteiger partial charge in [0, 0.05) is 13.0 Å². The Balaban J connectivity index is 1.55. The number of ether oxygens (including phenoxy) is 1. The molecule has 1 saturated heterocycles. The lowest BCUT2D eigenvalue weighted by atomic mass is 10.1. The van der Waals surface area contributed by atoms with E-state index < -0.39 is 36.1 Å². The second kappa shape index (κ2) is 9.60. The molecule has 170 valence electrons. The van der Waals surface area contributed by atoms with Gasteiger partial charge in [0.2, 0.25) is 5.91 Å². The fourth-order valence-corrected chi connectivity index (χ4v) is 3.58. The van der Waals surface area contributed by atoms with Crippen molar-refractivity contribution in [2.75, 3.05) is 18.5 Å². The van der Waals surface area contributed by atoms with E-state index in [-0.39, 0.29) is 35.6 Å². The molecule has 32 heavy (non-hydrogen) atoms. The number of halogens is 4. The lowest BCUT2D eigenvalue weighted by Crippen LogP contribution is -2.30. The fraction of sp³-hybridized carbons (Fsp3) is 0.318. The lowest BCUT2D eigenvalue weighted by Gasteiger charge is -2.25. The zero-order valence-electron chi connectivity index (χ0n) is 17.0. The number of alkyl halides is 3. The molecular formula is C22H20ClF3N2O4. The van der Waals surface area contributed by atoms with Gasteiger partial charge in [-0.15, -0.1) is 0 Å². The van der Waals surface area contributed by atoms with Crippen molar-refractivity contribution in [2.24, 2.45) is 5.92 Å². The number of rotatable bonds is 6. The highest BCUT2D eigenvalue weighted by atomic mass is 35.5. The van der Waals surface area contributed by atoms with Gasteiger partial charge in [0.05, 0.1) is 28.2 Å². The molecule has 0 bridgehead atoms. The highest BCUT2D eigenvalue weighted by Gasteiger charge is 2.38. The normalized spacial score (nSPS) is 17.2. The van der Waals surface area contributed by atoms with Crippen LogP contribution in [-0.4, -0.2) is 35.8 Å². The maximum atomic E-state index is 12.8. The number of benzene rings is 2. The Morgan fingerprint density at radius 1 is 1.22 bits per heavy atom. The summed E-state index contributed by atoms with van der Waals surface area (Å²) < 4.78 is 43.5. The first-order chi connectivity index (χ1) is 15.1. The largest absolute Gasteiger partial charge is 0.455 e. The number of carbonyl (C=O) groups excluding carboxylic acids is 3. The van der Waals surface area contributed by atoms with Crippen LogP contribution >= 0.6 is 11.6 Å². The molecule has 3 rings (SSSR count). The molecule has 1 aliphatic rings. The van der Waals surface area contributed by atoms with Crippen LogP contribution in [0.2, 0.25) is 5.02 Å². The van der Waals surface area contributed by atoms with Crippen LogP contribution in [0.5, 0.6) is 0 Å². The maximum absolute atomic E-state index is 12.8. The molecule has 0 unspecified atom stereocenters. The number of anilines is 1. The van der Waals surface area contributed by atoms with Gasteiger partial charge in [0.15, 0.2) is 6.61 Å². The Hall–Kier alpha value is -3.07. The van der Waals surface area contributed by atoms with Crippen molar-refractivity contribution in [2.45, 2.75) is 25.6 Å². The number of hydrogen-bond donors (Lipinski definition) is 1. The van der Waals surface area contributed by atoms with Crippen LogP contribution in [-0.2, 0) is 25.3 Å². The first kappa shape index (κ1) is 23.6. The molecule has 1 aliphatic heterocycles. The molecule has 1 N–H and O–H groups in total. The molecule has 0 aliphatic carbocycles. The quantitative estimate of drug-likeness (QED) is 0.635. The zero-order valence-corrected chi connectivity index (χ0v) is 17.7. The Bertz CT molecular complexity index is 1010. The van der Waals surface area contributed by atoms with E-state index in [0.29, 0.717) is 6.07 Å². The minimum atomic E-state index is -4.60. The minimum Gasteiger partial charge on any atom is -0.455 e. The number of nitrogens with one attached hydrogen (secondary N) is 1. The smallest absolute Gasteiger partial charge is 0.416 e. The van der Waals surface area contributed by atoms with Crippen LogP contribution in [0, 0.1) is 5.92 Å². The third kappa shape index (κ3) is 5.59. The Kier molecular flexibility index (Phi) is 7.08. The molecular weight excluding hydrogens is 449 g/mol. The van der Waals surface area contributed by atoms with E-state index in [1.54, 1.807) is 4.90 Å². The average Bonchev–Trinajstić information content (AvgIpc) is 3.14. The molecule has 0 spiro atoms. The van der Waals surface area contributed by atoms with E-state index in [9.17, 15) is 27.6 Å². The Morgan fingerprint density at radius 2 is 1.91 bits per heavy atom. The second-order valence-electron chi connectivity index (χ2n) is 7.38. The fourth-order valence-electron chi connectivity index (χ4n) is 3.41. The van der Waals surface area contributed by atoms with Crippen molar-refractivity contribution in [1.29, 1.82) is 0 Å². The van der Waals surface area contributed by atoms with Crippen LogP contribution in [0.15, 0.2) is 48.5 Å². The average molecular weight is 469 g/mol. The standard InChI is InChI=1S/C22H20ClF3N2O4/c1-13(14-5-3-2-4-6-14)28-11-15(9-20(28)30)21(31)32-12-19(29)27-18-10-16(22(24,25)26)7-8-17(18)23/h2-8,10,13,15H,9,11-12H2,1H3,(H,27,29)/t13-,15-/m0/s1. The number of nitrogens with zero attached hydrogens (tertiary/aromatic N) is 1. The number of likely N-dealkylation sites (tertiary alicyclic amines) is 1. The van der Waals surface area contributed by atoms with Gasteiger partial charge in [0.25, 0.3) is 5.91 Å². The topological polar surface area (TPSA) is 75.7 Å². The third-order valence-corrected chi connectivity index (χ3v) is 5.48. The van der Waals surface area contributed by atoms with Crippen LogP contribution in [0.3, 0.4) is 0 Å². The summed E-state index contributed by atoms with van der Waals surface area (Å²) in [4.78, 5) is 38.3. The van der Waals surface area contributed by atoms with Gasteiger partial charge in [-0.25, -0.2) is 0 Å². The van der Waals surface area contributed by atoms with Gasteiger partial charge in [-0.2, -0.15) is 13.2 Å². The molecule has 10 heteroatoms. The molecule has 1 fully saturated rings. The monoisotopic (exact) mass is 468 g/mol. The molecule has 1 heterocycles. The summed E-state index contributed by atoms with van der Waals surface area (Å²) in [6, 6.07) is 11.6. The van der Waals surface area contributed by atoms with E-state index in [0.717, 1.165) is 17.7 Å². The summed E-state index contributed by atoms with van der Waals surface area (Å²) in [6.07, 6.45) is -4.65. The minimum absolute atomic E-state index is 0.0446. The number of hydrogen-bond acceptors (Lipinski definition) is 4. The summed E-state index contributed by atoms with van der Waals surface area (Å²) >= 11 is 5.84. The van der Waals surface area contributed by atoms with Gasteiger partial charge >= 0.3 is 12.1 Å². The third-order valence-electron chi connectivity index (χ3n) is 5.15. The Labute approximate surface area is 187 Å². The molecule has 6 nitrogen and oxygen atoms in total. The number of carbonyl (C=O) groups is 3. The first-order valence-corrected chi connectivity index (χ1v) is 10.1. The van der Waals surface area contributed by atoms with Crippen LogP contribution in [0.25, 0.3) is 0 Å². The van der Waals surface area contributed by atoms with Gasteiger partial charge in [0.1, 0.15) is 0 Å². The van der Waals surface area contributed by atoms with E-state index in [1.807, 2.05) is 37.3 Å². The Morgan fingerprint density at radius 3 is 2.56 bits per heavy atom. The lowest BCUT2D eigenvalue weighted by molar-refractivity contribution is -0.151. The van der Waals surface area contributed by atoms with Crippen LogP contribution in [0.1, 0.15) is 30.5 Å². The SMILES string of the molecule is C[C@@H](c1ccccc1)N1C[C@@H](C(=O)OCC(=O)Nc2cc(C(F)(F)F)ccc2Cl)CC1=O. The predicted octanol–water partition coefficient (Wildman–Crippen LogP) is 4.45. The highest BCUT2D eigenvalue weighted by molar-refractivity contribution is 6.33. The summed E-state index contributed by atoms with van der Waals surface area (Å²) in [5.41, 5.74) is -0.306. The zero-order chi connectivity index (χ0) is 23.5. The van der Waals surface area contributed by atoms with Crippen molar-refractivity contribution in [3.05, 3.63) is 64.7 Å². The van der Waals surface area contributed by atoms with Gasteiger partial charge in [-0.05, 0) is 30.7 Å². The van der Waals surface area contributed by atoms with E-state index in [1.165, 1.54) is 0 Å². The van der Waals surface area contributed by atoms with Crippen LogP contribution in [0.4, 0.5) is 18.9 Å². The molecule has 0 radical (unpaired) electrons. The molecule has 0 saturated carbocycles. The van der Waals surface area contributed by atoms with Gasteiger partial charge in [-0.1, -0.05) is 41.9 Å². The summed E-state index contributed by atoms with van der Waals surface area (Å²) in [6.45, 7) is 1.28. The summed E-state index contributed by atoms with van der Waals surface area (Å²) in [5.74, 6) is -2.52. The number of esters is 1. The van der Waals surface area contributed by atoms with Crippen molar-refractivity contribution in [3.8, 4) is 0 Å². The van der Waals surface area contributed by atoms with Gasteiger partial charge < -0.3 is 15.0 Å². The summed E-state index contributed by atoms with van der Waals surface area (Å²) in [5, 5.41) is 2.11. The van der Waals surface area contributed by atoms with E-state index >= 15 is 0 Å². The first-order valence-electron chi connectivity index (χ1n) is 9.74. The van der Waals surface area contributed by atoms with Crippen molar-refractivity contribution < 1.29 is 32.3 Å². The predicted molar refractivity (Wildman–Crippen MR) is 111 cm³/mol. The van der Waals surface area contributed by atoms with Crippen LogP contribution < -0.4 is 5.32 Å². The molecule has 0 aromatic heterocycles. The highest BCUT2D eigenvalue weighted by Crippen LogP contribution is 2.34. The number of amides is 2. The van der Waals surface area contributed by atoms with E-state index in [4.69, 9.17) is 16.3 Å².